The van der Waals surface area contributed by atoms with Crippen LogP contribution in [0.25, 0.3) is 0 Å². The number of piperidine rings is 1. The van der Waals surface area contributed by atoms with Crippen molar-refractivity contribution in [2.45, 2.75) is 36.3 Å². The summed E-state index contributed by atoms with van der Waals surface area (Å²) in [4.78, 5) is 13.9. The molecule has 0 radical (unpaired) electrons. The van der Waals surface area contributed by atoms with Crippen LogP contribution in [0.1, 0.15) is 26.7 Å². The van der Waals surface area contributed by atoms with Crippen LogP contribution in [0.3, 0.4) is 0 Å². The van der Waals surface area contributed by atoms with Gasteiger partial charge in [-0.2, -0.15) is 0 Å². The van der Waals surface area contributed by atoms with Gasteiger partial charge in [0.1, 0.15) is 12.1 Å². The van der Waals surface area contributed by atoms with Crippen molar-refractivity contribution in [3.8, 4) is 0 Å². The second-order valence-electron chi connectivity index (χ2n) is 7.14. The molecule has 2 heterocycles. The summed E-state index contributed by atoms with van der Waals surface area (Å²) in [6, 6.07) is 6.33. The van der Waals surface area contributed by atoms with Crippen LogP contribution in [0.15, 0.2) is 46.0 Å². The second-order valence-corrected chi connectivity index (χ2v) is 9.67. The van der Waals surface area contributed by atoms with Crippen molar-refractivity contribution >= 4 is 21.7 Å². The Balaban J connectivity index is 1.68. The van der Waals surface area contributed by atoms with Crippen molar-refractivity contribution in [1.82, 2.24) is 10.1 Å². The van der Waals surface area contributed by atoms with E-state index in [0.717, 1.165) is 6.07 Å². The Hall–Kier alpha value is -2.42. The summed E-state index contributed by atoms with van der Waals surface area (Å²) in [6.07, 6.45) is 2.43. The van der Waals surface area contributed by atoms with Gasteiger partial charge in [0.25, 0.3) is 0 Å². The highest BCUT2D eigenvalue weighted by Gasteiger charge is 2.44. The van der Waals surface area contributed by atoms with Gasteiger partial charge >= 0.3 is 6.03 Å². The van der Waals surface area contributed by atoms with Crippen LogP contribution in [0.4, 0.5) is 15.0 Å². The molecule has 0 atom stereocenters. The van der Waals surface area contributed by atoms with E-state index in [9.17, 15) is 17.6 Å². The smallest absolute Gasteiger partial charge is 0.323 e. The Labute approximate surface area is 157 Å². The highest BCUT2D eigenvalue weighted by Crippen LogP contribution is 2.38. The Morgan fingerprint density at radius 2 is 2.00 bits per heavy atom. The maximum Gasteiger partial charge on any atom is 0.323 e. The van der Waals surface area contributed by atoms with Crippen molar-refractivity contribution in [1.29, 1.82) is 0 Å². The van der Waals surface area contributed by atoms with Gasteiger partial charge in [-0.3, -0.25) is 5.32 Å². The molecule has 1 aliphatic rings. The van der Waals surface area contributed by atoms with Gasteiger partial charge in [-0.25, -0.2) is 17.6 Å². The van der Waals surface area contributed by atoms with Crippen LogP contribution in [0.5, 0.6) is 0 Å². The zero-order valence-corrected chi connectivity index (χ0v) is 16.0. The number of carbonyl (C=O) groups is 1. The van der Waals surface area contributed by atoms with Crippen LogP contribution in [-0.2, 0) is 9.84 Å². The summed E-state index contributed by atoms with van der Waals surface area (Å²) in [5.74, 6) is -0.399. The topological polar surface area (TPSA) is 92.5 Å². The summed E-state index contributed by atoms with van der Waals surface area (Å²) in [6.45, 7) is 4.19. The van der Waals surface area contributed by atoms with E-state index in [1.54, 1.807) is 24.8 Å². The van der Waals surface area contributed by atoms with Gasteiger partial charge in [0.05, 0.1) is 9.64 Å². The molecular formula is C18H22FN3O4S. The maximum absolute atomic E-state index is 13.5. The third-order valence-corrected chi connectivity index (χ3v) is 7.83. The number of amides is 2. The minimum Gasteiger partial charge on any atom is -0.363 e. The molecule has 0 bridgehead atoms. The Morgan fingerprint density at radius 3 is 2.59 bits per heavy atom. The fraction of sp³-hybridized carbons (Fsp3) is 0.444. The van der Waals surface area contributed by atoms with E-state index in [1.807, 2.05) is 0 Å². The number of hydrogen-bond donors (Lipinski definition) is 1. The fourth-order valence-electron chi connectivity index (χ4n) is 3.40. The van der Waals surface area contributed by atoms with Gasteiger partial charge in [0.15, 0.2) is 15.7 Å². The maximum atomic E-state index is 13.5. The SMILES string of the molecule is CC(C)(C1CCN(C(=O)Nc2ccon2)CC1)S(=O)(=O)c1cccc(F)c1. The molecule has 0 aliphatic carbocycles. The summed E-state index contributed by atoms with van der Waals surface area (Å²) in [7, 11) is -3.72. The molecule has 146 valence electrons. The third kappa shape index (κ3) is 3.83. The standard InChI is InChI=1S/C18H22FN3O4S/c1-18(2,27(24,25)15-5-3-4-14(19)12-15)13-6-9-22(10-7-13)17(23)20-16-8-11-26-21-16/h3-5,8,11-13H,6-7,9-10H2,1-2H3,(H,20,21,23). The molecule has 1 aliphatic heterocycles. The number of sulfone groups is 1. The van der Waals surface area contributed by atoms with Gasteiger partial charge in [-0.15, -0.1) is 0 Å². The lowest BCUT2D eigenvalue weighted by Crippen LogP contribution is -2.48. The van der Waals surface area contributed by atoms with Crippen LogP contribution in [-0.4, -0.2) is 42.3 Å². The number of nitrogens with zero attached hydrogens (tertiary/aromatic N) is 2. The average molecular weight is 395 g/mol. The van der Waals surface area contributed by atoms with Gasteiger partial charge in [0.2, 0.25) is 0 Å². The molecule has 1 aromatic carbocycles. The number of likely N-dealkylation sites (tertiary alicyclic amines) is 1. The lowest BCUT2D eigenvalue weighted by atomic mass is 9.86. The number of rotatable bonds is 4. The molecule has 3 rings (SSSR count). The predicted octanol–water partition coefficient (Wildman–Crippen LogP) is 3.31. The van der Waals surface area contributed by atoms with Gasteiger partial charge in [-0.1, -0.05) is 11.2 Å². The van der Waals surface area contributed by atoms with E-state index >= 15 is 0 Å². The Kier molecular flexibility index (Phi) is 5.23. The van der Waals surface area contributed by atoms with Crippen molar-refractivity contribution in [3.63, 3.8) is 0 Å². The minimum atomic E-state index is -3.72. The van der Waals surface area contributed by atoms with Gasteiger partial charge in [-0.05, 0) is 50.8 Å². The quantitative estimate of drug-likeness (QED) is 0.857. The molecule has 1 fully saturated rings. The zero-order valence-electron chi connectivity index (χ0n) is 15.2. The number of nitrogens with one attached hydrogen (secondary N) is 1. The number of carbonyl (C=O) groups excluding carboxylic acids is 1. The van der Waals surface area contributed by atoms with Gasteiger partial charge in [0, 0.05) is 19.2 Å². The lowest BCUT2D eigenvalue weighted by molar-refractivity contribution is 0.171. The molecule has 1 saturated heterocycles. The van der Waals surface area contributed by atoms with Crippen LogP contribution in [0.2, 0.25) is 0 Å². The fourth-order valence-corrected chi connectivity index (χ4v) is 5.21. The first-order valence-corrected chi connectivity index (χ1v) is 10.2. The van der Waals surface area contributed by atoms with Crippen LogP contribution >= 0.6 is 0 Å². The second kappa shape index (κ2) is 7.30. The molecule has 7 nitrogen and oxygen atoms in total. The molecular weight excluding hydrogens is 373 g/mol. The van der Waals surface area contributed by atoms with Crippen molar-refractivity contribution in [2.24, 2.45) is 5.92 Å². The van der Waals surface area contributed by atoms with Crippen molar-refractivity contribution in [2.75, 3.05) is 18.4 Å². The summed E-state index contributed by atoms with van der Waals surface area (Å²) in [5.41, 5.74) is 0. The normalized spacial score (nSPS) is 16.3. The molecule has 0 unspecified atom stereocenters. The number of hydrogen-bond acceptors (Lipinski definition) is 5. The largest absolute Gasteiger partial charge is 0.363 e. The zero-order chi connectivity index (χ0) is 19.7. The first-order valence-electron chi connectivity index (χ1n) is 8.68. The minimum absolute atomic E-state index is 0.0151. The molecule has 1 N–H and O–H groups in total. The first kappa shape index (κ1) is 19.3. The van der Waals surface area contributed by atoms with E-state index in [-0.39, 0.29) is 16.8 Å². The number of anilines is 1. The van der Waals surface area contributed by atoms with Crippen LogP contribution < -0.4 is 5.32 Å². The van der Waals surface area contributed by atoms with E-state index in [0.29, 0.717) is 31.7 Å². The lowest BCUT2D eigenvalue weighted by Gasteiger charge is -2.40. The molecule has 2 amide bonds. The van der Waals surface area contributed by atoms with Crippen LogP contribution in [0, 0.1) is 11.7 Å². The number of urea groups is 1. The summed E-state index contributed by atoms with van der Waals surface area (Å²) in [5, 5.41) is 6.26. The summed E-state index contributed by atoms with van der Waals surface area (Å²) >= 11 is 0. The number of benzene rings is 1. The molecule has 0 spiro atoms. The highest BCUT2D eigenvalue weighted by molar-refractivity contribution is 7.92. The monoisotopic (exact) mass is 395 g/mol. The molecule has 2 aromatic rings. The molecule has 1 aromatic heterocycles. The van der Waals surface area contributed by atoms with Crippen molar-refractivity contribution in [3.05, 3.63) is 42.4 Å². The third-order valence-electron chi connectivity index (χ3n) is 5.24. The van der Waals surface area contributed by atoms with Crippen molar-refractivity contribution < 1.29 is 22.1 Å². The average Bonchev–Trinajstić information content (AvgIpc) is 3.14. The summed E-state index contributed by atoms with van der Waals surface area (Å²) < 4.78 is 43.2. The van der Waals surface area contributed by atoms with E-state index in [2.05, 4.69) is 15.0 Å². The van der Waals surface area contributed by atoms with E-state index in [4.69, 9.17) is 0 Å². The number of aromatic nitrogens is 1. The molecule has 0 saturated carbocycles. The van der Waals surface area contributed by atoms with E-state index in [1.165, 1.54) is 24.5 Å². The molecule has 9 heteroatoms. The first-order chi connectivity index (χ1) is 12.7. The number of halogens is 1. The predicted molar refractivity (Wildman–Crippen MR) is 97.5 cm³/mol. The highest BCUT2D eigenvalue weighted by atomic mass is 32.2. The van der Waals surface area contributed by atoms with Gasteiger partial charge < -0.3 is 9.42 Å². The molecule has 27 heavy (non-hydrogen) atoms. The van der Waals surface area contributed by atoms with E-state index < -0.39 is 20.4 Å². The Morgan fingerprint density at radius 1 is 1.30 bits per heavy atom. The Bertz CT molecular complexity index is 904.